The third-order valence-corrected chi connectivity index (χ3v) is 12.8. The maximum Gasteiger partial charge on any atom is 0.296 e. The molecule has 0 saturated carbocycles. The van der Waals surface area contributed by atoms with Gasteiger partial charge in [-0.15, -0.1) is 5.11 Å². The van der Waals surface area contributed by atoms with E-state index >= 15 is 0 Å². The number of hydrogen-bond acceptors (Lipinski definition) is 18. The number of hydrogen-bond donors (Lipinski definition) is 3. The van der Waals surface area contributed by atoms with Gasteiger partial charge < -0.3 is 4.90 Å². The smallest absolute Gasteiger partial charge is 0.296 e. The number of nitrogens with zero attached hydrogens (tertiary/aromatic N) is 12. The quantitative estimate of drug-likeness (QED) is 0.0502. The fourth-order valence-electron chi connectivity index (χ4n) is 6.69. The van der Waals surface area contributed by atoms with Crippen LogP contribution in [0.4, 0.5) is 51.4 Å². The van der Waals surface area contributed by atoms with E-state index in [0.29, 0.717) is 57.9 Å². The third kappa shape index (κ3) is 14.9. The van der Waals surface area contributed by atoms with Crippen molar-refractivity contribution in [2.75, 3.05) is 23.7 Å². The number of aromatic nitrogens is 3. The molecule has 0 radical (unpaired) electrons. The van der Waals surface area contributed by atoms with E-state index < -0.39 is 41.0 Å². The number of anilines is 1. The van der Waals surface area contributed by atoms with Gasteiger partial charge in [0.25, 0.3) is 30.4 Å². The van der Waals surface area contributed by atoms with Crippen LogP contribution in [0.25, 0.3) is 0 Å². The standard InChI is InChI=1S/C47H44N12O9S3/c1-4-59(24-25-69(60,61)62)47-49-45(28-33-10-21-41(31(2)26-33)56-54-37-14-12-36(13-15-37)52-53-38-16-19-40(20-17-38)70(63,64)65)48-46(50-47)29-34-11-22-42(32(3)27-34)57-58-43-23-18-39(30-44(43)71(66,67)68)55-51-35-8-6-5-7-9-35/h5-23,26-27,30H,4,24-25,28-29H2,1-3H3,(H,60,61,62)(H,63,64,65)(H,66,67,68). The largest absolute Gasteiger partial charge is 0.340 e. The summed E-state index contributed by atoms with van der Waals surface area (Å²) in [5, 5.41) is 33.6. The molecule has 0 aliphatic carbocycles. The highest BCUT2D eigenvalue weighted by Gasteiger charge is 2.19. The van der Waals surface area contributed by atoms with Crippen LogP contribution in [0.3, 0.4) is 0 Å². The van der Waals surface area contributed by atoms with Gasteiger partial charge in [-0.1, -0.05) is 42.5 Å². The van der Waals surface area contributed by atoms with Crippen LogP contribution in [-0.4, -0.2) is 72.7 Å². The molecule has 21 nitrogen and oxygen atoms in total. The van der Waals surface area contributed by atoms with Crippen molar-refractivity contribution in [3.05, 3.63) is 167 Å². The summed E-state index contributed by atoms with van der Waals surface area (Å²) in [6, 6.07) is 35.9. The summed E-state index contributed by atoms with van der Waals surface area (Å²) in [5.41, 5.74) is 6.25. The van der Waals surface area contributed by atoms with Crippen molar-refractivity contribution in [1.29, 1.82) is 0 Å². The Labute approximate surface area is 409 Å². The van der Waals surface area contributed by atoms with Crippen LogP contribution in [0.15, 0.2) is 184 Å². The molecule has 0 unspecified atom stereocenters. The van der Waals surface area contributed by atoms with Gasteiger partial charge in [0, 0.05) is 25.9 Å². The van der Waals surface area contributed by atoms with Crippen LogP contribution in [-0.2, 0) is 43.2 Å². The summed E-state index contributed by atoms with van der Waals surface area (Å²) in [6.07, 6.45) is 0.510. The average Bonchev–Trinajstić information content (AvgIpc) is 3.32. The number of benzene rings is 6. The van der Waals surface area contributed by atoms with Crippen LogP contribution >= 0.6 is 0 Å². The van der Waals surface area contributed by atoms with E-state index in [4.69, 9.17) is 19.5 Å². The van der Waals surface area contributed by atoms with Crippen molar-refractivity contribution in [3.63, 3.8) is 0 Å². The van der Waals surface area contributed by atoms with E-state index in [0.717, 1.165) is 22.8 Å². The lowest BCUT2D eigenvalue weighted by atomic mass is 10.1. The zero-order valence-corrected chi connectivity index (χ0v) is 40.6. The van der Waals surface area contributed by atoms with Crippen LogP contribution < -0.4 is 4.90 Å². The predicted molar refractivity (Wildman–Crippen MR) is 264 cm³/mol. The molecular weight excluding hydrogens is 973 g/mol. The molecule has 71 heavy (non-hydrogen) atoms. The van der Waals surface area contributed by atoms with Gasteiger partial charge in [0.15, 0.2) is 0 Å². The van der Waals surface area contributed by atoms with Crippen molar-refractivity contribution in [3.8, 4) is 0 Å². The lowest BCUT2D eigenvalue weighted by molar-refractivity contribution is 0.480. The minimum atomic E-state index is -4.72. The van der Waals surface area contributed by atoms with E-state index in [-0.39, 0.29) is 41.6 Å². The van der Waals surface area contributed by atoms with Crippen LogP contribution in [0.2, 0.25) is 0 Å². The second kappa shape index (κ2) is 22.3. The molecule has 3 N–H and O–H groups in total. The maximum atomic E-state index is 12.3. The Balaban J connectivity index is 1.06. The molecular formula is C47H44N12O9S3. The van der Waals surface area contributed by atoms with Crippen molar-refractivity contribution in [2.24, 2.45) is 40.9 Å². The summed E-state index contributed by atoms with van der Waals surface area (Å²) in [5.74, 6) is 0.478. The first kappa shape index (κ1) is 51.1. The molecule has 0 spiro atoms. The Kier molecular flexibility index (Phi) is 16.1. The Morgan fingerprint density at radius 3 is 1.39 bits per heavy atom. The lowest BCUT2D eigenvalue weighted by Crippen LogP contribution is -2.31. The van der Waals surface area contributed by atoms with Gasteiger partial charge in [0.05, 0.1) is 50.5 Å². The van der Waals surface area contributed by atoms with Crippen molar-refractivity contribution >= 4 is 81.8 Å². The molecule has 1 heterocycles. The van der Waals surface area contributed by atoms with Crippen LogP contribution in [0, 0.1) is 13.8 Å². The first-order valence-electron chi connectivity index (χ1n) is 21.4. The number of azo groups is 4. The highest BCUT2D eigenvalue weighted by Crippen LogP contribution is 2.33. The number of aryl methyl sites for hydroxylation is 2. The van der Waals surface area contributed by atoms with E-state index in [1.165, 1.54) is 36.4 Å². The fourth-order valence-corrected chi connectivity index (χ4v) is 8.27. The van der Waals surface area contributed by atoms with E-state index in [2.05, 4.69) is 40.9 Å². The first-order chi connectivity index (χ1) is 33.8. The normalized spacial score (nSPS) is 12.5. The van der Waals surface area contributed by atoms with Crippen molar-refractivity contribution in [1.82, 2.24) is 15.0 Å². The van der Waals surface area contributed by atoms with Crippen molar-refractivity contribution < 1.29 is 38.9 Å². The van der Waals surface area contributed by atoms with E-state index in [1.807, 2.05) is 44.2 Å². The molecule has 1 aromatic heterocycles. The highest BCUT2D eigenvalue weighted by molar-refractivity contribution is 7.86. The molecule has 0 fully saturated rings. The molecule has 0 saturated heterocycles. The maximum absolute atomic E-state index is 12.3. The van der Waals surface area contributed by atoms with E-state index in [1.54, 1.807) is 72.5 Å². The monoisotopic (exact) mass is 1020 g/mol. The Morgan fingerprint density at radius 2 is 0.915 bits per heavy atom. The minimum Gasteiger partial charge on any atom is -0.340 e. The Morgan fingerprint density at radius 1 is 0.479 bits per heavy atom. The van der Waals surface area contributed by atoms with Gasteiger partial charge in [-0.25, -0.2) is 4.98 Å². The average molecular weight is 1020 g/mol. The molecule has 24 heteroatoms. The van der Waals surface area contributed by atoms with E-state index in [9.17, 15) is 34.4 Å². The topological polar surface area (TPSA) is 304 Å². The van der Waals surface area contributed by atoms with Gasteiger partial charge in [0.1, 0.15) is 22.2 Å². The molecule has 0 aliphatic rings. The third-order valence-electron chi connectivity index (χ3n) is 10.3. The van der Waals surface area contributed by atoms with Gasteiger partial charge in [0.2, 0.25) is 5.95 Å². The first-order valence-corrected chi connectivity index (χ1v) is 25.9. The zero-order chi connectivity index (χ0) is 50.8. The second-order valence-corrected chi connectivity index (χ2v) is 20.1. The SMILES string of the molecule is CCN(CCS(=O)(=O)O)c1nc(Cc2ccc(N=Nc3ccc(N=Nc4ccc(S(=O)(=O)O)cc4)cc3)c(C)c2)nc(Cc2ccc(N=Nc3ccc(N=Nc4ccccc4)cc3S(=O)(=O)O)c(C)c2)n1. The Hall–Kier alpha value is -7.74. The lowest BCUT2D eigenvalue weighted by Gasteiger charge is -2.21. The number of rotatable bonds is 19. The summed E-state index contributed by atoms with van der Waals surface area (Å²) in [7, 11) is -13.3. The zero-order valence-electron chi connectivity index (χ0n) is 38.1. The van der Waals surface area contributed by atoms with Gasteiger partial charge >= 0.3 is 0 Å². The fraction of sp³-hybridized carbons (Fsp3) is 0.170. The second-order valence-electron chi connectivity index (χ2n) is 15.7. The summed E-state index contributed by atoms with van der Waals surface area (Å²) < 4.78 is 99.3. The summed E-state index contributed by atoms with van der Waals surface area (Å²) in [4.78, 5) is 15.1. The summed E-state index contributed by atoms with van der Waals surface area (Å²) >= 11 is 0. The molecule has 7 rings (SSSR count). The molecule has 0 aliphatic heterocycles. The highest BCUT2D eigenvalue weighted by atomic mass is 32.2. The molecule has 0 atom stereocenters. The Bertz CT molecular complexity index is 3530. The predicted octanol–water partition coefficient (Wildman–Crippen LogP) is 11.5. The van der Waals surface area contributed by atoms with Gasteiger partial charge in [-0.2, -0.15) is 71.0 Å². The van der Waals surface area contributed by atoms with Gasteiger partial charge in [-0.3, -0.25) is 13.7 Å². The molecule has 364 valence electrons. The summed E-state index contributed by atoms with van der Waals surface area (Å²) in [6.45, 7) is 5.76. The minimum absolute atomic E-state index is 0.0706. The molecule has 0 bridgehead atoms. The van der Waals surface area contributed by atoms with Crippen LogP contribution in [0.5, 0.6) is 0 Å². The molecule has 0 amide bonds. The van der Waals surface area contributed by atoms with Gasteiger partial charge in [-0.05, 0) is 134 Å². The van der Waals surface area contributed by atoms with Crippen molar-refractivity contribution in [2.45, 2.75) is 43.4 Å². The molecule has 7 aromatic rings. The molecule has 6 aromatic carbocycles. The van der Waals surface area contributed by atoms with Crippen LogP contribution in [0.1, 0.15) is 40.8 Å².